The van der Waals surface area contributed by atoms with Gasteiger partial charge in [0.05, 0.1) is 0 Å². The van der Waals surface area contributed by atoms with Crippen molar-refractivity contribution in [3.05, 3.63) is 0 Å². The standard InChI is InChI=1S/C10H20N2O3/c1-7(2)11-6-5-8(13)12-10(3,4)9(14)15/h7,11H,5-6H2,1-4H3,(H,12,13)(H,14,15). The highest BCUT2D eigenvalue weighted by Crippen LogP contribution is 2.01. The van der Waals surface area contributed by atoms with Crippen LogP contribution in [0.3, 0.4) is 0 Å². The lowest BCUT2D eigenvalue weighted by molar-refractivity contribution is -0.146. The fraction of sp³-hybridized carbons (Fsp3) is 0.800. The number of hydrogen-bond acceptors (Lipinski definition) is 3. The fourth-order valence-electron chi connectivity index (χ4n) is 0.939. The van der Waals surface area contributed by atoms with E-state index in [0.29, 0.717) is 12.6 Å². The van der Waals surface area contributed by atoms with Crippen LogP contribution in [0.25, 0.3) is 0 Å². The van der Waals surface area contributed by atoms with Crippen molar-refractivity contribution in [2.45, 2.75) is 45.7 Å². The maximum Gasteiger partial charge on any atom is 0.328 e. The lowest BCUT2D eigenvalue weighted by Gasteiger charge is -2.21. The number of carboxylic acid groups (broad SMARTS) is 1. The highest BCUT2D eigenvalue weighted by Gasteiger charge is 2.28. The Balaban J connectivity index is 3.89. The Morgan fingerprint density at radius 2 is 1.87 bits per heavy atom. The van der Waals surface area contributed by atoms with E-state index in [1.165, 1.54) is 13.8 Å². The van der Waals surface area contributed by atoms with Crippen LogP contribution < -0.4 is 10.6 Å². The predicted octanol–water partition coefficient (Wildman–Crippen LogP) is 0.354. The third-order valence-corrected chi connectivity index (χ3v) is 1.89. The Labute approximate surface area is 90.2 Å². The number of nitrogens with one attached hydrogen (secondary N) is 2. The second-order valence-corrected chi connectivity index (χ2v) is 4.34. The number of amides is 1. The molecular formula is C10H20N2O3. The van der Waals surface area contributed by atoms with Crippen LogP contribution >= 0.6 is 0 Å². The molecule has 5 nitrogen and oxygen atoms in total. The molecule has 0 saturated carbocycles. The van der Waals surface area contributed by atoms with Crippen LogP contribution in [-0.4, -0.2) is 35.1 Å². The second kappa shape index (κ2) is 5.70. The van der Waals surface area contributed by atoms with Crippen molar-refractivity contribution in [1.29, 1.82) is 0 Å². The van der Waals surface area contributed by atoms with Gasteiger partial charge in [0.1, 0.15) is 5.54 Å². The molecule has 88 valence electrons. The van der Waals surface area contributed by atoms with Crippen molar-refractivity contribution < 1.29 is 14.7 Å². The Hall–Kier alpha value is -1.10. The van der Waals surface area contributed by atoms with Crippen LogP contribution in [0, 0.1) is 0 Å². The molecule has 1 amide bonds. The van der Waals surface area contributed by atoms with Gasteiger partial charge in [-0.25, -0.2) is 4.79 Å². The first-order chi connectivity index (χ1) is 6.75. The molecule has 0 spiro atoms. The van der Waals surface area contributed by atoms with E-state index in [9.17, 15) is 9.59 Å². The topological polar surface area (TPSA) is 78.4 Å². The Morgan fingerprint density at radius 3 is 2.27 bits per heavy atom. The van der Waals surface area contributed by atoms with Gasteiger partial charge >= 0.3 is 5.97 Å². The monoisotopic (exact) mass is 216 g/mol. The van der Waals surface area contributed by atoms with Crippen molar-refractivity contribution in [3.63, 3.8) is 0 Å². The van der Waals surface area contributed by atoms with E-state index in [1.54, 1.807) is 0 Å². The minimum absolute atomic E-state index is 0.254. The molecule has 0 aliphatic heterocycles. The van der Waals surface area contributed by atoms with Crippen molar-refractivity contribution in [2.24, 2.45) is 0 Å². The first-order valence-electron chi connectivity index (χ1n) is 5.03. The van der Waals surface area contributed by atoms with E-state index in [0.717, 1.165) is 0 Å². The summed E-state index contributed by atoms with van der Waals surface area (Å²) in [5, 5.41) is 14.3. The molecule has 0 radical (unpaired) electrons. The molecule has 0 aromatic heterocycles. The lowest BCUT2D eigenvalue weighted by atomic mass is 10.1. The summed E-state index contributed by atoms with van der Waals surface area (Å²) in [5.41, 5.74) is -1.20. The zero-order valence-electron chi connectivity index (χ0n) is 9.76. The fourth-order valence-corrected chi connectivity index (χ4v) is 0.939. The average Bonchev–Trinajstić information content (AvgIpc) is 2.01. The summed E-state index contributed by atoms with van der Waals surface area (Å²) in [6, 6.07) is 0.324. The lowest BCUT2D eigenvalue weighted by Crippen LogP contribution is -2.50. The molecule has 0 unspecified atom stereocenters. The number of carbonyl (C=O) groups is 2. The van der Waals surface area contributed by atoms with Crippen LogP contribution in [0.1, 0.15) is 34.1 Å². The summed E-state index contributed by atoms with van der Waals surface area (Å²) in [7, 11) is 0. The number of aliphatic carboxylic acids is 1. The Morgan fingerprint density at radius 1 is 1.33 bits per heavy atom. The van der Waals surface area contributed by atoms with Crippen molar-refractivity contribution in [1.82, 2.24) is 10.6 Å². The molecule has 5 heteroatoms. The minimum Gasteiger partial charge on any atom is -0.480 e. The van der Waals surface area contributed by atoms with E-state index in [2.05, 4.69) is 10.6 Å². The van der Waals surface area contributed by atoms with Gasteiger partial charge in [-0.2, -0.15) is 0 Å². The quantitative estimate of drug-likeness (QED) is 0.599. The zero-order chi connectivity index (χ0) is 12.1. The first-order valence-corrected chi connectivity index (χ1v) is 5.03. The van der Waals surface area contributed by atoms with Gasteiger partial charge in [0.15, 0.2) is 0 Å². The molecule has 0 aromatic carbocycles. The van der Waals surface area contributed by atoms with E-state index in [-0.39, 0.29) is 12.3 Å². The summed E-state index contributed by atoms with van der Waals surface area (Å²) in [4.78, 5) is 22.0. The summed E-state index contributed by atoms with van der Waals surface area (Å²) < 4.78 is 0. The van der Waals surface area contributed by atoms with Gasteiger partial charge in [0.2, 0.25) is 5.91 Å². The molecule has 0 atom stereocenters. The van der Waals surface area contributed by atoms with Crippen LogP contribution in [0.15, 0.2) is 0 Å². The van der Waals surface area contributed by atoms with Gasteiger partial charge in [0, 0.05) is 19.0 Å². The minimum atomic E-state index is -1.20. The predicted molar refractivity (Wildman–Crippen MR) is 57.6 cm³/mol. The normalized spacial score (nSPS) is 11.5. The molecule has 3 N–H and O–H groups in total. The third-order valence-electron chi connectivity index (χ3n) is 1.89. The second-order valence-electron chi connectivity index (χ2n) is 4.34. The van der Waals surface area contributed by atoms with Crippen LogP contribution in [-0.2, 0) is 9.59 Å². The van der Waals surface area contributed by atoms with E-state index < -0.39 is 11.5 Å². The number of hydrogen-bond donors (Lipinski definition) is 3. The third kappa shape index (κ3) is 6.06. The number of carboxylic acids is 1. The highest BCUT2D eigenvalue weighted by molar-refractivity contribution is 5.86. The van der Waals surface area contributed by atoms with E-state index in [4.69, 9.17) is 5.11 Å². The SMILES string of the molecule is CC(C)NCCC(=O)NC(C)(C)C(=O)O. The van der Waals surface area contributed by atoms with Crippen molar-refractivity contribution in [3.8, 4) is 0 Å². The van der Waals surface area contributed by atoms with E-state index in [1.807, 2.05) is 13.8 Å². The Bertz CT molecular complexity index is 237. The smallest absolute Gasteiger partial charge is 0.328 e. The summed E-state index contributed by atoms with van der Waals surface area (Å²) in [6.07, 6.45) is 0.287. The van der Waals surface area contributed by atoms with Crippen LogP contribution in [0.4, 0.5) is 0 Å². The summed E-state index contributed by atoms with van der Waals surface area (Å²) >= 11 is 0. The maximum atomic E-state index is 11.3. The van der Waals surface area contributed by atoms with Gasteiger partial charge in [-0.1, -0.05) is 13.8 Å². The first kappa shape index (κ1) is 13.9. The Kier molecular flexibility index (Phi) is 5.28. The molecule has 0 bridgehead atoms. The van der Waals surface area contributed by atoms with Crippen molar-refractivity contribution in [2.75, 3.05) is 6.54 Å². The summed E-state index contributed by atoms with van der Waals surface area (Å²) in [6.45, 7) is 7.45. The molecule has 0 aliphatic rings. The largest absolute Gasteiger partial charge is 0.480 e. The van der Waals surface area contributed by atoms with Crippen LogP contribution in [0.2, 0.25) is 0 Å². The van der Waals surface area contributed by atoms with E-state index >= 15 is 0 Å². The molecule has 0 aromatic rings. The molecule has 0 aliphatic carbocycles. The van der Waals surface area contributed by atoms with Gasteiger partial charge in [-0.05, 0) is 13.8 Å². The molecule has 15 heavy (non-hydrogen) atoms. The van der Waals surface area contributed by atoms with Gasteiger partial charge < -0.3 is 15.7 Å². The molecule has 0 fully saturated rings. The van der Waals surface area contributed by atoms with Gasteiger partial charge in [-0.3, -0.25) is 4.79 Å². The number of rotatable bonds is 6. The molecular weight excluding hydrogens is 196 g/mol. The summed E-state index contributed by atoms with van der Waals surface area (Å²) in [5.74, 6) is -1.29. The zero-order valence-corrected chi connectivity index (χ0v) is 9.76. The maximum absolute atomic E-state index is 11.3. The number of carbonyl (C=O) groups excluding carboxylic acids is 1. The van der Waals surface area contributed by atoms with Gasteiger partial charge in [0.25, 0.3) is 0 Å². The van der Waals surface area contributed by atoms with Crippen molar-refractivity contribution >= 4 is 11.9 Å². The molecule has 0 rings (SSSR count). The van der Waals surface area contributed by atoms with Gasteiger partial charge in [-0.15, -0.1) is 0 Å². The molecule has 0 saturated heterocycles. The average molecular weight is 216 g/mol. The highest BCUT2D eigenvalue weighted by atomic mass is 16.4. The molecule has 0 heterocycles. The van der Waals surface area contributed by atoms with Crippen LogP contribution in [0.5, 0.6) is 0 Å².